The fourth-order valence-electron chi connectivity index (χ4n) is 10.3. The van der Waals surface area contributed by atoms with E-state index in [0.717, 1.165) is 29.6 Å². The maximum Gasteiger partial charge on any atom is 0.334 e. The molecule has 0 aromatic heterocycles. The molecule has 0 aromatic carbocycles. The van der Waals surface area contributed by atoms with Crippen LogP contribution in [-0.4, -0.2) is 52.2 Å². The summed E-state index contributed by atoms with van der Waals surface area (Å²) in [6.07, 6.45) is 2.46. The number of allylic oxidation sites excluding steroid dienone is 1. The minimum Gasteiger partial charge on any atom is -0.481 e. The Morgan fingerprint density at radius 2 is 1.71 bits per heavy atom. The van der Waals surface area contributed by atoms with Gasteiger partial charge in [-0.3, -0.25) is 14.4 Å². The third-order valence-corrected chi connectivity index (χ3v) is 13.1. The molecule has 0 radical (unpaired) electrons. The summed E-state index contributed by atoms with van der Waals surface area (Å²) in [5, 5.41) is 21.1. The molecule has 2 saturated carbocycles. The Labute approximate surface area is 249 Å². The second-order valence-corrected chi connectivity index (χ2v) is 15.3. The molecule has 0 spiro atoms. The first-order chi connectivity index (χ1) is 19.4. The molecule has 9 atom stereocenters. The topological polar surface area (TPSA) is 127 Å². The molecule has 2 fully saturated rings. The number of esters is 2. The van der Waals surface area contributed by atoms with Crippen molar-refractivity contribution in [3.63, 3.8) is 0 Å². The smallest absolute Gasteiger partial charge is 0.334 e. The molecule has 5 rings (SSSR count). The minimum absolute atomic E-state index is 0.0982. The van der Waals surface area contributed by atoms with Gasteiger partial charge in [0.1, 0.15) is 18.6 Å². The Balaban J connectivity index is 1.46. The molecule has 0 unspecified atom stereocenters. The van der Waals surface area contributed by atoms with Gasteiger partial charge in [-0.2, -0.15) is 0 Å². The van der Waals surface area contributed by atoms with Gasteiger partial charge in [-0.05, 0) is 81.1 Å². The summed E-state index contributed by atoms with van der Waals surface area (Å²) < 4.78 is 11.4. The number of fused-ring (bicyclic) bond motifs is 4. The first kappa shape index (κ1) is 31.0. The Morgan fingerprint density at radius 3 is 2.31 bits per heavy atom. The van der Waals surface area contributed by atoms with Gasteiger partial charge in [0.25, 0.3) is 0 Å². The van der Waals surface area contributed by atoms with E-state index >= 15 is 0 Å². The second-order valence-electron chi connectivity index (χ2n) is 15.3. The fourth-order valence-corrected chi connectivity index (χ4v) is 10.3. The summed E-state index contributed by atoms with van der Waals surface area (Å²) in [4.78, 5) is 49.8. The van der Waals surface area contributed by atoms with Crippen LogP contribution in [-0.2, 0) is 28.7 Å². The molecule has 2 N–H and O–H groups in total. The van der Waals surface area contributed by atoms with Gasteiger partial charge in [-0.15, -0.1) is 0 Å². The van der Waals surface area contributed by atoms with Crippen LogP contribution in [0.3, 0.4) is 0 Å². The lowest BCUT2D eigenvalue weighted by Gasteiger charge is -2.62. The fraction of sp³-hybridized carbons (Fsp3) is 0.765. The third-order valence-electron chi connectivity index (χ3n) is 13.1. The van der Waals surface area contributed by atoms with Crippen molar-refractivity contribution in [1.82, 2.24) is 0 Å². The SMILES string of the molecule is CC1=C(C)[C@H](C[C@@H](C)[C@H]2CC[C@@]3(C)C4=C(C[C@@H](O)[C@]23C)[C@@]2(C)CC[C@@H](OC(=O)CC(=O)O)C(C)(C)[C@@H]2CC4=O)OC1=O. The molecule has 0 aromatic rings. The number of aliphatic hydroxyl groups is 1. The van der Waals surface area contributed by atoms with E-state index in [0.29, 0.717) is 37.7 Å². The maximum atomic E-state index is 14.3. The molecular weight excluding hydrogens is 536 g/mol. The molecule has 8 heteroatoms. The Hall–Kier alpha value is -2.48. The van der Waals surface area contributed by atoms with Crippen LogP contribution in [0.1, 0.15) is 107 Å². The van der Waals surface area contributed by atoms with Crippen molar-refractivity contribution in [2.24, 2.45) is 39.4 Å². The number of carbonyl (C=O) groups excluding carboxylic acids is 3. The van der Waals surface area contributed by atoms with Crippen LogP contribution in [0.15, 0.2) is 22.3 Å². The largest absolute Gasteiger partial charge is 0.481 e. The van der Waals surface area contributed by atoms with Gasteiger partial charge in [0.05, 0.1) is 6.10 Å². The summed E-state index contributed by atoms with van der Waals surface area (Å²) in [5.74, 6) is -1.83. The number of ketones is 1. The summed E-state index contributed by atoms with van der Waals surface area (Å²) in [6.45, 7) is 16.6. The van der Waals surface area contributed by atoms with Crippen molar-refractivity contribution in [2.75, 3.05) is 0 Å². The highest BCUT2D eigenvalue weighted by atomic mass is 16.6. The van der Waals surface area contributed by atoms with Gasteiger partial charge < -0.3 is 19.7 Å². The van der Waals surface area contributed by atoms with E-state index in [9.17, 15) is 24.3 Å². The van der Waals surface area contributed by atoms with Gasteiger partial charge in [-0.1, -0.05) is 47.1 Å². The van der Waals surface area contributed by atoms with Crippen LogP contribution in [0.2, 0.25) is 0 Å². The average molecular weight is 585 g/mol. The first-order valence-electron chi connectivity index (χ1n) is 15.6. The number of cyclic esters (lactones) is 1. The zero-order chi connectivity index (χ0) is 31.2. The van der Waals surface area contributed by atoms with Gasteiger partial charge in [0.15, 0.2) is 5.78 Å². The lowest BCUT2D eigenvalue weighted by molar-refractivity contribution is -0.173. The highest BCUT2D eigenvalue weighted by molar-refractivity contribution is 5.99. The van der Waals surface area contributed by atoms with E-state index in [2.05, 4.69) is 27.7 Å². The van der Waals surface area contributed by atoms with Crippen molar-refractivity contribution in [1.29, 1.82) is 0 Å². The number of hydrogen-bond acceptors (Lipinski definition) is 7. The number of hydrogen-bond donors (Lipinski definition) is 2. The zero-order valence-corrected chi connectivity index (χ0v) is 26.5. The molecule has 1 heterocycles. The van der Waals surface area contributed by atoms with E-state index in [-0.39, 0.29) is 41.0 Å². The minimum atomic E-state index is -1.22. The van der Waals surface area contributed by atoms with Crippen molar-refractivity contribution >= 4 is 23.7 Å². The standard InChI is InChI=1S/C34H48O8/c1-17(13-23-18(2)19(3)30(40)41-23)20-9-12-33(7)29-21(14-25(36)34(20,33)8)32(6)11-10-26(42-28(39)16-27(37)38)31(4,5)24(32)15-22(29)35/h17,20,23-26,36H,9-16H2,1-8H3,(H,37,38)/t17-,20-,23+,24+,25-,26-,32-,33+,34+/m1/s1. The number of ether oxygens (including phenoxy) is 2. The van der Waals surface area contributed by atoms with E-state index in [1.54, 1.807) is 0 Å². The monoisotopic (exact) mass is 584 g/mol. The number of aliphatic carboxylic acids is 1. The number of aliphatic hydroxyl groups excluding tert-OH is 1. The number of carbonyl (C=O) groups is 4. The summed E-state index contributed by atoms with van der Waals surface area (Å²) in [6, 6.07) is 0. The molecule has 0 bridgehead atoms. The Morgan fingerprint density at radius 1 is 1.05 bits per heavy atom. The molecule has 42 heavy (non-hydrogen) atoms. The van der Waals surface area contributed by atoms with Gasteiger partial charge >= 0.3 is 17.9 Å². The van der Waals surface area contributed by atoms with Crippen LogP contribution in [0.4, 0.5) is 0 Å². The molecule has 4 aliphatic carbocycles. The molecule has 0 amide bonds. The van der Waals surface area contributed by atoms with E-state index in [1.807, 2.05) is 27.7 Å². The van der Waals surface area contributed by atoms with Crippen LogP contribution in [0, 0.1) is 39.4 Å². The van der Waals surface area contributed by atoms with Crippen molar-refractivity contribution in [3.8, 4) is 0 Å². The Bertz CT molecular complexity index is 1290. The zero-order valence-electron chi connectivity index (χ0n) is 26.5. The molecule has 8 nitrogen and oxygen atoms in total. The highest BCUT2D eigenvalue weighted by Gasteiger charge is 2.68. The van der Waals surface area contributed by atoms with Gasteiger partial charge in [0.2, 0.25) is 0 Å². The number of rotatable bonds is 6. The molecular formula is C34H48O8. The second kappa shape index (κ2) is 10.0. The number of carboxylic acids is 1. The summed E-state index contributed by atoms with van der Waals surface area (Å²) in [7, 11) is 0. The van der Waals surface area contributed by atoms with Crippen molar-refractivity contribution in [2.45, 2.75) is 125 Å². The predicted octanol–water partition coefficient (Wildman–Crippen LogP) is 5.56. The van der Waals surface area contributed by atoms with Crippen LogP contribution in [0.25, 0.3) is 0 Å². The Kier molecular flexibility index (Phi) is 7.40. The highest BCUT2D eigenvalue weighted by Crippen LogP contribution is 2.72. The molecule has 0 saturated heterocycles. The normalized spacial score (nSPS) is 41.6. The maximum absolute atomic E-state index is 14.3. The van der Waals surface area contributed by atoms with E-state index in [1.165, 1.54) is 0 Å². The molecule has 1 aliphatic heterocycles. The lowest BCUT2D eigenvalue weighted by Crippen LogP contribution is -2.60. The van der Waals surface area contributed by atoms with Crippen molar-refractivity contribution in [3.05, 3.63) is 22.3 Å². The first-order valence-corrected chi connectivity index (χ1v) is 15.6. The predicted molar refractivity (Wildman–Crippen MR) is 155 cm³/mol. The van der Waals surface area contributed by atoms with E-state index < -0.39 is 46.8 Å². The molecule has 5 aliphatic rings. The quantitative estimate of drug-likeness (QED) is 0.307. The van der Waals surface area contributed by atoms with Gasteiger partial charge in [0, 0.05) is 33.8 Å². The van der Waals surface area contributed by atoms with Crippen LogP contribution in [0.5, 0.6) is 0 Å². The summed E-state index contributed by atoms with van der Waals surface area (Å²) >= 11 is 0. The van der Waals surface area contributed by atoms with Gasteiger partial charge in [-0.25, -0.2) is 4.79 Å². The summed E-state index contributed by atoms with van der Waals surface area (Å²) in [5.41, 5.74) is 1.80. The van der Waals surface area contributed by atoms with E-state index in [4.69, 9.17) is 14.6 Å². The van der Waals surface area contributed by atoms with Crippen LogP contribution >= 0.6 is 0 Å². The van der Waals surface area contributed by atoms with Crippen LogP contribution < -0.4 is 0 Å². The third kappa shape index (κ3) is 4.25. The van der Waals surface area contributed by atoms with Crippen molar-refractivity contribution < 1.29 is 38.9 Å². The average Bonchev–Trinajstić information content (AvgIpc) is 3.30. The molecule has 232 valence electrons. The number of carboxylic acid groups (broad SMARTS) is 1. The lowest BCUT2D eigenvalue weighted by atomic mass is 9.42. The number of Topliss-reactive ketones (excluding diaryl/α,β-unsaturated/α-hetero) is 1.